The lowest BCUT2D eigenvalue weighted by molar-refractivity contribution is 0.314. The second-order valence-electron chi connectivity index (χ2n) is 7.25. The highest BCUT2D eigenvalue weighted by Gasteiger charge is 1.99. The van der Waals surface area contributed by atoms with Gasteiger partial charge in [0.15, 0.2) is 0 Å². The Balaban J connectivity index is 3.11. The van der Waals surface area contributed by atoms with Crippen molar-refractivity contribution < 1.29 is 0 Å². The lowest BCUT2D eigenvalue weighted by atomic mass is 10.1. The number of rotatable bonds is 18. The van der Waals surface area contributed by atoms with Crippen LogP contribution in [0.1, 0.15) is 117 Å². The zero-order valence-electron chi connectivity index (χ0n) is 16.2. The molecule has 0 N–H and O–H groups in total. The first-order chi connectivity index (χ1) is 10.8. The Morgan fingerprint density at radius 1 is 0.409 bits per heavy atom. The van der Waals surface area contributed by atoms with Gasteiger partial charge in [-0.25, -0.2) is 0 Å². The maximum absolute atomic E-state index is 2.55. The van der Waals surface area contributed by atoms with Gasteiger partial charge in [0.25, 0.3) is 0 Å². The topological polar surface area (TPSA) is 3.24 Å². The number of nitrogens with zero attached hydrogens (tertiary/aromatic N) is 1. The van der Waals surface area contributed by atoms with Crippen molar-refractivity contribution in [3.63, 3.8) is 0 Å². The first kappa shape index (κ1) is 22.0. The van der Waals surface area contributed by atoms with Crippen molar-refractivity contribution in [3.8, 4) is 0 Å². The second-order valence-corrected chi connectivity index (χ2v) is 7.25. The van der Waals surface area contributed by atoms with Gasteiger partial charge in [-0.3, -0.25) is 0 Å². The van der Waals surface area contributed by atoms with Crippen LogP contribution in [0.3, 0.4) is 0 Å². The molecule has 0 aliphatic carbocycles. The average Bonchev–Trinajstić information content (AvgIpc) is 2.52. The average molecular weight is 312 g/mol. The summed E-state index contributed by atoms with van der Waals surface area (Å²) < 4.78 is 0. The van der Waals surface area contributed by atoms with E-state index in [9.17, 15) is 0 Å². The van der Waals surface area contributed by atoms with Crippen molar-refractivity contribution in [3.05, 3.63) is 0 Å². The van der Waals surface area contributed by atoms with E-state index in [1.807, 2.05) is 0 Å². The molecule has 0 rings (SSSR count). The van der Waals surface area contributed by atoms with E-state index in [1.165, 1.54) is 116 Å². The molecular formula is C21H45N. The van der Waals surface area contributed by atoms with E-state index in [-0.39, 0.29) is 0 Å². The van der Waals surface area contributed by atoms with E-state index in [0.717, 1.165) is 0 Å². The van der Waals surface area contributed by atoms with Crippen molar-refractivity contribution >= 4 is 0 Å². The molecule has 0 bridgehead atoms. The fourth-order valence-corrected chi connectivity index (χ4v) is 3.14. The monoisotopic (exact) mass is 311 g/mol. The third kappa shape index (κ3) is 18.0. The Labute approximate surface area is 142 Å². The van der Waals surface area contributed by atoms with Gasteiger partial charge in [-0.2, -0.15) is 0 Å². The van der Waals surface area contributed by atoms with Crippen LogP contribution in [0.4, 0.5) is 0 Å². The van der Waals surface area contributed by atoms with Gasteiger partial charge < -0.3 is 4.90 Å². The molecule has 0 aromatic rings. The van der Waals surface area contributed by atoms with Crippen molar-refractivity contribution in [2.75, 3.05) is 20.1 Å². The largest absolute Gasteiger partial charge is 0.306 e. The molecule has 1 nitrogen and oxygen atoms in total. The van der Waals surface area contributed by atoms with Gasteiger partial charge in [0.2, 0.25) is 0 Å². The molecule has 0 saturated heterocycles. The first-order valence-corrected chi connectivity index (χ1v) is 10.5. The van der Waals surface area contributed by atoms with E-state index in [0.29, 0.717) is 0 Å². The maximum Gasteiger partial charge on any atom is -0.00218 e. The fraction of sp³-hybridized carbons (Fsp3) is 1.00. The molecule has 0 fully saturated rings. The van der Waals surface area contributed by atoms with Crippen LogP contribution in [0.15, 0.2) is 0 Å². The molecule has 0 amide bonds. The summed E-state index contributed by atoms with van der Waals surface area (Å²) >= 11 is 0. The molecule has 0 radical (unpaired) electrons. The van der Waals surface area contributed by atoms with Crippen LogP contribution >= 0.6 is 0 Å². The lowest BCUT2D eigenvalue weighted by Crippen LogP contribution is -2.20. The van der Waals surface area contributed by atoms with Gasteiger partial charge in [0.1, 0.15) is 0 Å². The number of hydrogen-bond donors (Lipinski definition) is 0. The van der Waals surface area contributed by atoms with E-state index in [2.05, 4.69) is 25.8 Å². The zero-order valence-corrected chi connectivity index (χ0v) is 16.2. The van der Waals surface area contributed by atoms with Gasteiger partial charge in [-0.05, 0) is 33.0 Å². The summed E-state index contributed by atoms with van der Waals surface area (Å²) in [5.41, 5.74) is 0. The summed E-state index contributed by atoms with van der Waals surface area (Å²) in [6.45, 7) is 7.21. The molecule has 0 heterocycles. The summed E-state index contributed by atoms with van der Waals surface area (Å²) in [7, 11) is 2.31. The Morgan fingerprint density at radius 3 is 1.00 bits per heavy atom. The molecule has 0 aromatic heterocycles. The minimum absolute atomic E-state index is 1.31. The van der Waals surface area contributed by atoms with Gasteiger partial charge >= 0.3 is 0 Å². The van der Waals surface area contributed by atoms with Crippen molar-refractivity contribution in [1.29, 1.82) is 0 Å². The van der Waals surface area contributed by atoms with Crippen LogP contribution in [-0.4, -0.2) is 25.0 Å². The number of hydrogen-bond acceptors (Lipinski definition) is 1. The minimum Gasteiger partial charge on any atom is -0.306 e. The molecule has 0 aliphatic rings. The van der Waals surface area contributed by atoms with E-state index >= 15 is 0 Å². The van der Waals surface area contributed by atoms with Gasteiger partial charge in [-0.15, -0.1) is 0 Å². The molecule has 0 atom stereocenters. The summed E-state index contributed by atoms with van der Waals surface area (Å²) in [6.07, 6.45) is 22.9. The highest BCUT2D eigenvalue weighted by atomic mass is 15.1. The lowest BCUT2D eigenvalue weighted by Gasteiger charge is -2.16. The van der Waals surface area contributed by atoms with Crippen LogP contribution in [-0.2, 0) is 0 Å². The SMILES string of the molecule is CCCCCCCCCCCN(C)CCCCCCCCC. The quantitative estimate of drug-likeness (QED) is 0.242. The van der Waals surface area contributed by atoms with Crippen LogP contribution in [0.5, 0.6) is 0 Å². The Morgan fingerprint density at radius 2 is 0.682 bits per heavy atom. The minimum atomic E-state index is 1.31. The van der Waals surface area contributed by atoms with E-state index in [4.69, 9.17) is 0 Å². The zero-order chi connectivity index (χ0) is 16.3. The maximum atomic E-state index is 2.55. The molecule has 0 spiro atoms. The normalized spacial score (nSPS) is 11.5. The Hall–Kier alpha value is -0.0400. The van der Waals surface area contributed by atoms with Gasteiger partial charge in [-0.1, -0.05) is 104 Å². The second kappa shape index (κ2) is 19.0. The molecule has 0 aromatic carbocycles. The van der Waals surface area contributed by atoms with E-state index in [1.54, 1.807) is 0 Å². The summed E-state index contributed by atoms with van der Waals surface area (Å²) in [5.74, 6) is 0. The smallest absolute Gasteiger partial charge is 0.00218 e. The molecular weight excluding hydrogens is 266 g/mol. The van der Waals surface area contributed by atoms with Crippen LogP contribution in [0, 0.1) is 0 Å². The molecule has 0 saturated carbocycles. The summed E-state index contributed by atoms with van der Waals surface area (Å²) in [4.78, 5) is 2.55. The predicted molar refractivity (Wildman–Crippen MR) is 103 cm³/mol. The van der Waals surface area contributed by atoms with Crippen LogP contribution in [0.25, 0.3) is 0 Å². The van der Waals surface area contributed by atoms with Gasteiger partial charge in [0, 0.05) is 0 Å². The summed E-state index contributed by atoms with van der Waals surface area (Å²) in [5, 5.41) is 0. The van der Waals surface area contributed by atoms with Crippen molar-refractivity contribution in [2.45, 2.75) is 117 Å². The van der Waals surface area contributed by atoms with Crippen molar-refractivity contribution in [1.82, 2.24) is 4.90 Å². The van der Waals surface area contributed by atoms with E-state index < -0.39 is 0 Å². The third-order valence-corrected chi connectivity index (χ3v) is 4.79. The molecule has 134 valence electrons. The standard InChI is InChI=1S/C21H45N/c1-4-6-8-10-12-13-15-17-19-21-22(3)20-18-16-14-11-9-7-5-2/h4-21H2,1-3H3. The Kier molecular flexibility index (Phi) is 19.0. The highest BCUT2D eigenvalue weighted by molar-refractivity contribution is 4.54. The molecule has 0 unspecified atom stereocenters. The third-order valence-electron chi connectivity index (χ3n) is 4.79. The van der Waals surface area contributed by atoms with Crippen LogP contribution in [0.2, 0.25) is 0 Å². The first-order valence-electron chi connectivity index (χ1n) is 10.5. The highest BCUT2D eigenvalue weighted by Crippen LogP contribution is 2.10. The van der Waals surface area contributed by atoms with Crippen LogP contribution < -0.4 is 0 Å². The van der Waals surface area contributed by atoms with Crippen molar-refractivity contribution in [2.24, 2.45) is 0 Å². The molecule has 22 heavy (non-hydrogen) atoms. The Bertz CT molecular complexity index is 190. The predicted octanol–water partition coefficient (Wildman–Crippen LogP) is 7.20. The molecule has 1 heteroatoms. The summed E-state index contributed by atoms with van der Waals surface area (Å²) in [6, 6.07) is 0. The fourth-order valence-electron chi connectivity index (χ4n) is 3.14. The molecule has 0 aliphatic heterocycles. The van der Waals surface area contributed by atoms with Gasteiger partial charge in [0.05, 0.1) is 0 Å². The number of unbranched alkanes of at least 4 members (excludes halogenated alkanes) is 14.